The number of carboxylic acid groups (broad SMARTS) is 1. The Balaban J connectivity index is 2.21. The van der Waals surface area contributed by atoms with Crippen LogP contribution in [0, 0.1) is 6.92 Å². The number of aryl methyl sites for hydroxylation is 1. The number of aliphatic carboxylic acids is 1. The van der Waals surface area contributed by atoms with E-state index < -0.39 is 12.0 Å². The van der Waals surface area contributed by atoms with Gasteiger partial charge in [-0.2, -0.15) is 0 Å². The molecular weight excluding hydrogens is 324 g/mol. The summed E-state index contributed by atoms with van der Waals surface area (Å²) in [4.78, 5) is 40.7. The molecule has 0 aliphatic rings. The third-order valence-corrected chi connectivity index (χ3v) is 4.01. The molecule has 2 N–H and O–H groups in total. The minimum atomic E-state index is -1.09. The van der Waals surface area contributed by atoms with Crippen molar-refractivity contribution < 1.29 is 19.5 Å². The molecule has 0 spiro atoms. The first-order chi connectivity index (χ1) is 11.8. The Hall–Kier alpha value is -2.90. The fraction of sp³-hybridized carbons (Fsp3) is 0.412. The van der Waals surface area contributed by atoms with Crippen molar-refractivity contribution in [3.05, 3.63) is 30.1 Å². The van der Waals surface area contributed by atoms with Crippen molar-refractivity contribution in [2.45, 2.75) is 33.4 Å². The van der Waals surface area contributed by atoms with Gasteiger partial charge in [-0.1, -0.05) is 12.1 Å². The summed E-state index contributed by atoms with van der Waals surface area (Å²) in [6.45, 7) is 4.93. The number of rotatable bonds is 7. The lowest BCUT2D eigenvalue weighted by molar-refractivity contribution is -0.149. The Morgan fingerprint density at radius 3 is 2.64 bits per heavy atom. The van der Waals surface area contributed by atoms with Crippen LogP contribution in [0.2, 0.25) is 0 Å². The van der Waals surface area contributed by atoms with Gasteiger partial charge in [-0.05, 0) is 26.0 Å². The second kappa shape index (κ2) is 7.78. The first-order valence-corrected chi connectivity index (χ1v) is 8.00. The third-order valence-electron chi connectivity index (χ3n) is 4.01. The Kier molecular flexibility index (Phi) is 5.74. The summed E-state index contributed by atoms with van der Waals surface area (Å²) in [5.74, 6) is -0.985. The second-order valence-corrected chi connectivity index (χ2v) is 5.82. The summed E-state index contributed by atoms with van der Waals surface area (Å²) in [6, 6.07) is 6.46. The van der Waals surface area contributed by atoms with Crippen LogP contribution in [0.1, 0.15) is 19.7 Å². The van der Waals surface area contributed by atoms with Gasteiger partial charge in [0.25, 0.3) is 0 Å². The van der Waals surface area contributed by atoms with Gasteiger partial charge in [0.1, 0.15) is 18.4 Å². The molecule has 134 valence electrons. The molecule has 2 aromatic rings. The Morgan fingerprint density at radius 2 is 2.00 bits per heavy atom. The van der Waals surface area contributed by atoms with E-state index in [-0.39, 0.29) is 31.4 Å². The van der Waals surface area contributed by atoms with Gasteiger partial charge in [-0.25, -0.2) is 9.78 Å². The van der Waals surface area contributed by atoms with Crippen molar-refractivity contribution in [2.24, 2.45) is 0 Å². The number of carbonyl (C=O) groups is 3. The van der Waals surface area contributed by atoms with Gasteiger partial charge in [0.05, 0.1) is 11.0 Å². The van der Waals surface area contributed by atoms with Gasteiger partial charge >= 0.3 is 5.97 Å². The van der Waals surface area contributed by atoms with Gasteiger partial charge in [-0.3, -0.25) is 9.59 Å². The number of hydrogen-bond acceptors (Lipinski definition) is 4. The molecule has 1 unspecified atom stereocenters. The molecule has 2 rings (SSSR count). The van der Waals surface area contributed by atoms with Crippen LogP contribution in [0.5, 0.6) is 0 Å². The van der Waals surface area contributed by atoms with E-state index in [4.69, 9.17) is 0 Å². The molecule has 0 saturated carbocycles. The Morgan fingerprint density at radius 1 is 1.32 bits per heavy atom. The second-order valence-electron chi connectivity index (χ2n) is 5.82. The lowest BCUT2D eigenvalue weighted by atomic mass is 10.2. The average Bonchev–Trinajstić information content (AvgIpc) is 2.86. The molecule has 8 heteroatoms. The van der Waals surface area contributed by atoms with Crippen molar-refractivity contribution in [1.29, 1.82) is 0 Å². The highest BCUT2D eigenvalue weighted by atomic mass is 16.4. The van der Waals surface area contributed by atoms with E-state index in [1.807, 2.05) is 24.3 Å². The van der Waals surface area contributed by atoms with Crippen LogP contribution in [0.4, 0.5) is 0 Å². The van der Waals surface area contributed by atoms with Crippen LogP contribution in [-0.4, -0.2) is 56.5 Å². The number of carbonyl (C=O) groups excluding carboxylic acids is 2. The zero-order valence-corrected chi connectivity index (χ0v) is 14.5. The minimum absolute atomic E-state index is 0.00988. The summed E-state index contributed by atoms with van der Waals surface area (Å²) in [6.07, 6.45) is 0. The highest BCUT2D eigenvalue weighted by Crippen LogP contribution is 2.16. The molecule has 0 bridgehead atoms. The summed E-state index contributed by atoms with van der Waals surface area (Å²) in [7, 11) is 0. The predicted octanol–water partition coefficient (Wildman–Crippen LogP) is 0.783. The van der Waals surface area contributed by atoms with Crippen LogP contribution in [0.15, 0.2) is 24.3 Å². The van der Waals surface area contributed by atoms with E-state index >= 15 is 0 Å². The summed E-state index contributed by atoms with van der Waals surface area (Å²) >= 11 is 0. The lowest BCUT2D eigenvalue weighted by Crippen LogP contribution is -2.48. The highest BCUT2D eigenvalue weighted by molar-refractivity contribution is 5.85. The van der Waals surface area contributed by atoms with Gasteiger partial charge < -0.3 is 19.9 Å². The fourth-order valence-corrected chi connectivity index (χ4v) is 2.64. The zero-order chi connectivity index (χ0) is 18.6. The normalized spacial score (nSPS) is 12.0. The molecule has 1 atom stereocenters. The monoisotopic (exact) mass is 346 g/mol. The maximum absolute atomic E-state index is 12.7. The molecule has 8 nitrogen and oxygen atoms in total. The van der Waals surface area contributed by atoms with Crippen molar-refractivity contribution in [3.63, 3.8) is 0 Å². The van der Waals surface area contributed by atoms with Crippen molar-refractivity contribution in [1.82, 2.24) is 19.8 Å². The number of hydrogen-bond donors (Lipinski definition) is 2. The first kappa shape index (κ1) is 18.4. The number of aromatic nitrogens is 2. The molecule has 0 aliphatic heterocycles. The predicted molar refractivity (Wildman–Crippen MR) is 92.0 cm³/mol. The van der Waals surface area contributed by atoms with Gasteiger partial charge in [-0.15, -0.1) is 0 Å². The molecular formula is C17H22N4O4. The number of imidazole rings is 1. The molecule has 2 amide bonds. The maximum Gasteiger partial charge on any atom is 0.326 e. The smallest absolute Gasteiger partial charge is 0.326 e. The number of nitrogens with one attached hydrogen (secondary N) is 1. The quantitative estimate of drug-likeness (QED) is 0.771. The molecule has 1 aromatic carbocycles. The van der Waals surface area contributed by atoms with Crippen LogP contribution in [-0.2, 0) is 20.9 Å². The summed E-state index contributed by atoms with van der Waals surface area (Å²) in [5, 5.41) is 11.8. The van der Waals surface area contributed by atoms with Crippen LogP contribution >= 0.6 is 0 Å². The van der Waals surface area contributed by atoms with Crippen molar-refractivity contribution in [3.8, 4) is 0 Å². The first-order valence-electron chi connectivity index (χ1n) is 8.00. The third kappa shape index (κ3) is 4.34. The summed E-state index contributed by atoms with van der Waals surface area (Å²) < 4.78 is 1.76. The number of benzene rings is 1. The van der Waals surface area contributed by atoms with Gasteiger partial charge in [0.15, 0.2) is 0 Å². The molecule has 1 heterocycles. The van der Waals surface area contributed by atoms with Crippen LogP contribution < -0.4 is 5.32 Å². The van der Waals surface area contributed by atoms with Crippen molar-refractivity contribution >= 4 is 28.8 Å². The molecule has 0 radical (unpaired) electrons. The van der Waals surface area contributed by atoms with E-state index in [0.717, 1.165) is 11.0 Å². The minimum Gasteiger partial charge on any atom is -0.480 e. The highest BCUT2D eigenvalue weighted by Gasteiger charge is 2.26. The topological polar surface area (TPSA) is 105 Å². The summed E-state index contributed by atoms with van der Waals surface area (Å²) in [5.41, 5.74) is 1.60. The molecule has 0 saturated heterocycles. The van der Waals surface area contributed by atoms with E-state index in [9.17, 15) is 19.5 Å². The number of fused-ring (bicyclic) bond motifs is 1. The van der Waals surface area contributed by atoms with E-state index in [2.05, 4.69) is 10.3 Å². The number of nitrogens with zero attached hydrogens (tertiary/aromatic N) is 3. The molecule has 1 aromatic heterocycles. The van der Waals surface area contributed by atoms with Crippen LogP contribution in [0.3, 0.4) is 0 Å². The van der Waals surface area contributed by atoms with E-state index in [1.165, 1.54) is 18.7 Å². The Bertz CT molecular complexity index is 799. The SMILES string of the molecule is CC(=O)NCCN(C(=O)Cn1c(C)nc2ccccc21)C(C)C(=O)O. The standard InChI is InChI=1S/C17H22N4O4/c1-11(17(24)25)20(9-8-18-13(3)22)16(23)10-21-12(2)19-14-6-4-5-7-15(14)21/h4-7,11H,8-10H2,1-3H3,(H,18,22)(H,24,25). The Labute approximate surface area is 145 Å². The lowest BCUT2D eigenvalue weighted by Gasteiger charge is -2.27. The molecule has 25 heavy (non-hydrogen) atoms. The van der Waals surface area contributed by atoms with E-state index in [0.29, 0.717) is 5.82 Å². The molecule has 0 aliphatic carbocycles. The van der Waals surface area contributed by atoms with Crippen molar-refractivity contribution in [2.75, 3.05) is 13.1 Å². The van der Waals surface area contributed by atoms with Gasteiger partial charge in [0, 0.05) is 20.0 Å². The number of amides is 2. The van der Waals surface area contributed by atoms with E-state index in [1.54, 1.807) is 11.5 Å². The zero-order valence-electron chi connectivity index (χ0n) is 14.5. The molecule has 0 fully saturated rings. The number of para-hydroxylation sites is 2. The average molecular weight is 346 g/mol. The number of carboxylic acids is 1. The van der Waals surface area contributed by atoms with Gasteiger partial charge in [0.2, 0.25) is 11.8 Å². The maximum atomic E-state index is 12.7. The fourth-order valence-electron chi connectivity index (χ4n) is 2.64. The largest absolute Gasteiger partial charge is 0.480 e. The van der Waals surface area contributed by atoms with Crippen LogP contribution in [0.25, 0.3) is 11.0 Å².